The fourth-order valence-electron chi connectivity index (χ4n) is 9.14. The first kappa shape index (κ1) is 35.7. The number of carbonyl (C=O) groups excluding carboxylic acids is 4. The Morgan fingerprint density at radius 2 is 1.53 bits per heavy atom. The number of phenolic OH excluding ortho intramolecular Hbond substituents is 1. The van der Waals surface area contributed by atoms with E-state index >= 15 is 4.79 Å². The van der Waals surface area contributed by atoms with Crippen LogP contribution in [0.25, 0.3) is 0 Å². The molecular weight excluding hydrogens is 831 g/mol. The molecule has 4 aliphatic rings. The number of phenols is 1. The third-order valence-electron chi connectivity index (χ3n) is 11.3. The first-order chi connectivity index (χ1) is 25.4. The minimum absolute atomic E-state index is 0.0797. The average molecular weight is 861 g/mol. The molecular formula is C39H30BBr2ClN2O8. The van der Waals surface area contributed by atoms with Crippen LogP contribution in [0.4, 0.5) is 11.4 Å². The summed E-state index contributed by atoms with van der Waals surface area (Å²) in [4.78, 5) is 61.5. The number of hydrogen-bond acceptors (Lipinski definition) is 8. The Bertz CT molecular complexity index is 2270. The van der Waals surface area contributed by atoms with Crippen molar-refractivity contribution in [1.29, 1.82) is 0 Å². The van der Waals surface area contributed by atoms with E-state index in [9.17, 15) is 29.5 Å². The van der Waals surface area contributed by atoms with Crippen LogP contribution in [0.15, 0.2) is 106 Å². The Balaban J connectivity index is 1.38. The lowest BCUT2D eigenvalue weighted by molar-refractivity contribution is -0.127. The zero-order valence-electron chi connectivity index (χ0n) is 27.9. The van der Waals surface area contributed by atoms with Crippen LogP contribution < -0.4 is 20.0 Å². The Morgan fingerprint density at radius 1 is 0.830 bits per heavy atom. The Labute approximate surface area is 326 Å². The highest BCUT2D eigenvalue weighted by Gasteiger charge is 2.70. The monoisotopic (exact) mass is 858 g/mol. The SMILES string of the molecule is COc1cc([C@H]2C3=CC[C@@H]4C(=O)N(c5cccc(B(O)O)c5)C(=O)[C@@H]4[C@@H]3C[C@H]3C(=O)N(c4cccc(Cl)c4)C(=O)[C@@]23c2ccccc2)c(Br)c(Br)c1O. The highest BCUT2D eigenvalue weighted by atomic mass is 79.9. The van der Waals surface area contributed by atoms with Gasteiger partial charge < -0.3 is 19.9 Å². The number of ether oxygens (including phenoxy) is 1. The van der Waals surface area contributed by atoms with E-state index < -0.39 is 65.8 Å². The van der Waals surface area contributed by atoms with Crippen LogP contribution in [0.1, 0.15) is 29.9 Å². The van der Waals surface area contributed by atoms with Gasteiger partial charge in [0.25, 0.3) is 0 Å². The smallest absolute Gasteiger partial charge is 0.488 e. The van der Waals surface area contributed by atoms with Crippen molar-refractivity contribution in [3.8, 4) is 11.5 Å². The van der Waals surface area contributed by atoms with Crippen molar-refractivity contribution >= 4 is 91.0 Å². The lowest BCUT2D eigenvalue weighted by Gasteiger charge is -2.51. The standard InChI is InChI=1S/C39H30BBr2ClN2O8/c1-53-29-18-27(32(41)33(42)34(29)46)31-24-13-14-25-30(37(49)44(35(25)47)22-11-5-9-20(15-22)40(51)52)26(24)17-28-36(48)45(23-12-6-10-21(43)16-23)38(50)39(28,31)19-7-3-2-4-8-19/h2-13,15-16,18,25-26,28,30-31,46,51-52H,14,17H2,1H3/t25-,26+,28-,30-,31+,39+/m0/s1. The van der Waals surface area contributed by atoms with Crippen molar-refractivity contribution in [2.75, 3.05) is 16.9 Å². The predicted molar refractivity (Wildman–Crippen MR) is 205 cm³/mol. The van der Waals surface area contributed by atoms with E-state index in [1.807, 2.05) is 36.4 Å². The minimum Gasteiger partial charge on any atom is -0.503 e. The van der Waals surface area contributed by atoms with E-state index in [0.29, 0.717) is 31.9 Å². The lowest BCUT2D eigenvalue weighted by Crippen LogP contribution is -2.53. The summed E-state index contributed by atoms with van der Waals surface area (Å²) < 4.78 is 6.30. The fourth-order valence-corrected chi connectivity index (χ4v) is 10.3. The number of fused-ring (bicyclic) bond motifs is 4. The zero-order chi connectivity index (χ0) is 37.5. The highest BCUT2D eigenvalue weighted by molar-refractivity contribution is 9.13. The van der Waals surface area contributed by atoms with Crippen molar-refractivity contribution < 1.29 is 39.1 Å². The van der Waals surface area contributed by atoms with E-state index in [1.165, 1.54) is 24.1 Å². The van der Waals surface area contributed by atoms with Crippen molar-refractivity contribution in [2.45, 2.75) is 24.2 Å². The zero-order valence-corrected chi connectivity index (χ0v) is 31.9. The predicted octanol–water partition coefficient (Wildman–Crippen LogP) is 5.63. The number of anilines is 2. The van der Waals surface area contributed by atoms with Gasteiger partial charge in [0.15, 0.2) is 11.5 Å². The van der Waals surface area contributed by atoms with Crippen molar-refractivity contribution in [1.82, 2.24) is 0 Å². The molecule has 6 atom stereocenters. The number of amides is 4. The molecule has 268 valence electrons. The van der Waals surface area contributed by atoms with Crippen LogP contribution >= 0.6 is 43.5 Å². The van der Waals surface area contributed by atoms with Gasteiger partial charge in [0.05, 0.1) is 46.1 Å². The second-order valence-corrected chi connectivity index (χ2v) is 15.7. The largest absolute Gasteiger partial charge is 0.503 e. The molecule has 3 fully saturated rings. The minimum atomic E-state index is -1.81. The van der Waals surface area contributed by atoms with Gasteiger partial charge in [0.2, 0.25) is 23.6 Å². The molecule has 2 aliphatic carbocycles. The molecule has 2 heterocycles. The Kier molecular flexibility index (Phi) is 8.93. The highest BCUT2D eigenvalue weighted by Crippen LogP contribution is 2.66. The van der Waals surface area contributed by atoms with Crippen LogP contribution in [0.2, 0.25) is 5.02 Å². The Hall–Kier alpha value is -4.27. The molecule has 0 unspecified atom stereocenters. The van der Waals surface area contributed by atoms with Gasteiger partial charge in [-0.05, 0) is 104 Å². The summed E-state index contributed by atoms with van der Waals surface area (Å²) in [6.07, 6.45) is 2.19. The third kappa shape index (κ3) is 5.19. The molecule has 0 bridgehead atoms. The molecule has 0 radical (unpaired) electrons. The van der Waals surface area contributed by atoms with Crippen LogP contribution in [-0.2, 0) is 24.6 Å². The van der Waals surface area contributed by atoms with E-state index in [2.05, 4.69) is 31.9 Å². The molecule has 10 nitrogen and oxygen atoms in total. The number of rotatable bonds is 6. The summed E-state index contributed by atoms with van der Waals surface area (Å²) >= 11 is 13.6. The lowest BCUT2D eigenvalue weighted by atomic mass is 9.49. The maximum atomic E-state index is 15.5. The second-order valence-electron chi connectivity index (χ2n) is 13.7. The number of benzene rings is 4. The van der Waals surface area contributed by atoms with Gasteiger partial charge in [-0.3, -0.25) is 24.1 Å². The number of nitrogens with zero attached hydrogens (tertiary/aromatic N) is 2. The van der Waals surface area contributed by atoms with Gasteiger partial charge in [0.1, 0.15) is 0 Å². The number of aromatic hydroxyl groups is 1. The third-order valence-corrected chi connectivity index (χ3v) is 13.7. The maximum Gasteiger partial charge on any atom is 0.488 e. The van der Waals surface area contributed by atoms with Gasteiger partial charge in [-0.15, -0.1) is 0 Å². The second kappa shape index (κ2) is 13.2. The molecule has 1 saturated carbocycles. The summed E-state index contributed by atoms with van der Waals surface area (Å²) in [6.45, 7) is 0. The molecule has 4 aromatic rings. The van der Waals surface area contributed by atoms with E-state index in [4.69, 9.17) is 16.3 Å². The number of halogens is 3. The fraction of sp³-hybridized carbons (Fsp3) is 0.231. The molecule has 8 rings (SSSR count). The van der Waals surface area contributed by atoms with Gasteiger partial charge >= 0.3 is 7.12 Å². The molecule has 0 aromatic heterocycles. The number of allylic oxidation sites excluding steroid dienone is 2. The topological polar surface area (TPSA) is 145 Å². The van der Waals surface area contributed by atoms with Crippen LogP contribution in [0.3, 0.4) is 0 Å². The van der Waals surface area contributed by atoms with E-state index in [-0.39, 0.29) is 40.0 Å². The van der Waals surface area contributed by atoms with E-state index in [1.54, 1.807) is 42.5 Å². The normalized spacial score (nSPS) is 26.3. The number of hydrogen-bond donors (Lipinski definition) is 3. The van der Waals surface area contributed by atoms with Gasteiger partial charge in [0, 0.05) is 15.4 Å². The molecule has 2 saturated heterocycles. The average Bonchev–Trinajstić information content (AvgIpc) is 3.55. The molecule has 3 N–H and O–H groups in total. The van der Waals surface area contributed by atoms with E-state index in [0.717, 1.165) is 4.90 Å². The van der Waals surface area contributed by atoms with Crippen LogP contribution in [0.5, 0.6) is 11.5 Å². The number of imide groups is 2. The molecule has 4 amide bonds. The van der Waals surface area contributed by atoms with Crippen LogP contribution in [-0.4, -0.2) is 53.0 Å². The molecule has 53 heavy (non-hydrogen) atoms. The van der Waals surface area contributed by atoms with Gasteiger partial charge in [-0.25, -0.2) is 4.90 Å². The maximum absolute atomic E-state index is 15.5. The number of carbonyl (C=O) groups is 4. The Morgan fingerprint density at radius 3 is 2.21 bits per heavy atom. The summed E-state index contributed by atoms with van der Waals surface area (Å²) in [6, 6.07) is 23.3. The van der Waals surface area contributed by atoms with Crippen molar-refractivity contribution in [3.05, 3.63) is 122 Å². The first-order valence-corrected chi connectivity index (χ1v) is 18.9. The molecule has 2 aliphatic heterocycles. The summed E-state index contributed by atoms with van der Waals surface area (Å²) in [7, 11) is -0.395. The first-order valence-electron chi connectivity index (χ1n) is 16.9. The van der Waals surface area contributed by atoms with Gasteiger partial charge in [-0.1, -0.05) is 71.8 Å². The van der Waals surface area contributed by atoms with Crippen molar-refractivity contribution in [2.24, 2.45) is 23.7 Å². The molecule has 14 heteroatoms. The molecule has 0 spiro atoms. The number of methoxy groups -OCH3 is 1. The summed E-state index contributed by atoms with van der Waals surface area (Å²) in [5, 5.41) is 31.0. The van der Waals surface area contributed by atoms with Crippen LogP contribution in [0, 0.1) is 23.7 Å². The summed E-state index contributed by atoms with van der Waals surface area (Å²) in [5.41, 5.74) is 0.918. The summed E-state index contributed by atoms with van der Waals surface area (Å²) in [5.74, 6) is -6.08. The van der Waals surface area contributed by atoms with Crippen molar-refractivity contribution in [3.63, 3.8) is 0 Å². The van der Waals surface area contributed by atoms with Gasteiger partial charge in [-0.2, -0.15) is 0 Å². The molecule has 4 aromatic carbocycles. The quantitative estimate of drug-likeness (QED) is 0.129.